The monoisotopic (exact) mass is 213 g/mol. The summed E-state index contributed by atoms with van der Waals surface area (Å²) in [5.41, 5.74) is -0.387. The standard InChI is InChI=1S/C12H23NO2/c1-12(2,3)15-11(14)13(4)9-8-10-6-5-7-10/h10H,5-9H2,1-4H3. The molecule has 0 unspecified atom stereocenters. The van der Waals surface area contributed by atoms with Crippen LogP contribution in [-0.4, -0.2) is 30.2 Å². The number of carbonyl (C=O) groups is 1. The summed E-state index contributed by atoms with van der Waals surface area (Å²) >= 11 is 0. The minimum absolute atomic E-state index is 0.207. The third kappa shape index (κ3) is 4.54. The summed E-state index contributed by atoms with van der Waals surface area (Å²) in [5.74, 6) is 0.842. The van der Waals surface area contributed by atoms with Crippen LogP contribution in [0.2, 0.25) is 0 Å². The van der Waals surface area contributed by atoms with Crippen molar-refractivity contribution in [2.24, 2.45) is 5.92 Å². The predicted octanol–water partition coefficient (Wildman–Crippen LogP) is 3.04. The molecule has 0 heterocycles. The van der Waals surface area contributed by atoms with Crippen molar-refractivity contribution in [3.63, 3.8) is 0 Å². The topological polar surface area (TPSA) is 29.5 Å². The van der Waals surface area contributed by atoms with E-state index in [0.717, 1.165) is 18.9 Å². The van der Waals surface area contributed by atoms with Crippen LogP contribution in [-0.2, 0) is 4.74 Å². The van der Waals surface area contributed by atoms with Gasteiger partial charge in [0.2, 0.25) is 0 Å². The number of carbonyl (C=O) groups excluding carboxylic acids is 1. The molecule has 88 valence electrons. The maximum absolute atomic E-state index is 11.6. The number of hydrogen-bond acceptors (Lipinski definition) is 2. The quantitative estimate of drug-likeness (QED) is 0.721. The van der Waals surface area contributed by atoms with E-state index in [1.807, 2.05) is 27.8 Å². The van der Waals surface area contributed by atoms with Crippen molar-refractivity contribution in [2.75, 3.05) is 13.6 Å². The van der Waals surface area contributed by atoms with Crippen molar-refractivity contribution in [1.29, 1.82) is 0 Å². The fourth-order valence-corrected chi connectivity index (χ4v) is 1.59. The smallest absolute Gasteiger partial charge is 0.410 e. The van der Waals surface area contributed by atoms with Crippen LogP contribution >= 0.6 is 0 Å². The minimum atomic E-state index is -0.387. The predicted molar refractivity (Wildman–Crippen MR) is 60.8 cm³/mol. The highest BCUT2D eigenvalue weighted by Crippen LogP contribution is 2.29. The van der Waals surface area contributed by atoms with Gasteiger partial charge in [-0.2, -0.15) is 0 Å². The summed E-state index contributed by atoms with van der Waals surface area (Å²) in [6.07, 6.45) is 4.95. The van der Waals surface area contributed by atoms with E-state index < -0.39 is 0 Å². The molecule has 1 amide bonds. The van der Waals surface area contributed by atoms with Gasteiger partial charge < -0.3 is 9.64 Å². The molecule has 15 heavy (non-hydrogen) atoms. The summed E-state index contributed by atoms with van der Waals surface area (Å²) in [7, 11) is 1.81. The summed E-state index contributed by atoms with van der Waals surface area (Å²) in [6, 6.07) is 0. The van der Waals surface area contributed by atoms with Gasteiger partial charge in [0.1, 0.15) is 5.60 Å². The Morgan fingerprint density at radius 3 is 2.40 bits per heavy atom. The molecule has 1 aliphatic carbocycles. The molecule has 1 fully saturated rings. The molecule has 0 bridgehead atoms. The molecule has 0 spiro atoms. The molecule has 0 aromatic heterocycles. The van der Waals surface area contributed by atoms with Crippen LogP contribution < -0.4 is 0 Å². The Morgan fingerprint density at radius 2 is 2.00 bits per heavy atom. The first kappa shape index (κ1) is 12.3. The molecule has 0 N–H and O–H groups in total. The van der Waals surface area contributed by atoms with Gasteiger partial charge in [0.25, 0.3) is 0 Å². The van der Waals surface area contributed by atoms with Crippen LogP contribution in [0, 0.1) is 5.92 Å². The lowest BCUT2D eigenvalue weighted by Gasteiger charge is -2.29. The lowest BCUT2D eigenvalue weighted by molar-refractivity contribution is 0.0284. The van der Waals surface area contributed by atoms with Gasteiger partial charge >= 0.3 is 6.09 Å². The average molecular weight is 213 g/mol. The van der Waals surface area contributed by atoms with E-state index in [4.69, 9.17) is 4.74 Å². The van der Waals surface area contributed by atoms with Crippen molar-refractivity contribution in [1.82, 2.24) is 4.90 Å². The molecule has 1 rings (SSSR count). The van der Waals surface area contributed by atoms with Crippen LogP contribution in [0.4, 0.5) is 4.79 Å². The lowest BCUT2D eigenvalue weighted by Crippen LogP contribution is -2.35. The zero-order valence-electron chi connectivity index (χ0n) is 10.4. The Kier molecular flexibility index (Phi) is 4.00. The second-order valence-electron chi connectivity index (χ2n) is 5.49. The van der Waals surface area contributed by atoms with E-state index in [-0.39, 0.29) is 11.7 Å². The van der Waals surface area contributed by atoms with Gasteiger partial charge in [-0.3, -0.25) is 0 Å². The first-order valence-corrected chi connectivity index (χ1v) is 5.82. The number of nitrogens with zero attached hydrogens (tertiary/aromatic N) is 1. The van der Waals surface area contributed by atoms with Crippen LogP contribution in [0.5, 0.6) is 0 Å². The average Bonchev–Trinajstić information content (AvgIpc) is 1.97. The fraction of sp³-hybridized carbons (Fsp3) is 0.917. The Bertz CT molecular complexity index is 216. The van der Waals surface area contributed by atoms with Crippen LogP contribution in [0.3, 0.4) is 0 Å². The summed E-state index contributed by atoms with van der Waals surface area (Å²) in [6.45, 7) is 6.50. The van der Waals surface area contributed by atoms with Crippen LogP contribution in [0.25, 0.3) is 0 Å². The Labute approximate surface area is 92.8 Å². The van der Waals surface area contributed by atoms with Crippen molar-refractivity contribution in [2.45, 2.75) is 52.1 Å². The molecule has 3 heteroatoms. The maximum Gasteiger partial charge on any atom is 0.410 e. The van der Waals surface area contributed by atoms with Crippen molar-refractivity contribution < 1.29 is 9.53 Å². The van der Waals surface area contributed by atoms with Gasteiger partial charge in [0.15, 0.2) is 0 Å². The molecule has 0 aliphatic heterocycles. The highest BCUT2D eigenvalue weighted by atomic mass is 16.6. The van der Waals surface area contributed by atoms with Crippen LogP contribution in [0.1, 0.15) is 46.5 Å². The number of amides is 1. The Hall–Kier alpha value is -0.730. The zero-order valence-corrected chi connectivity index (χ0v) is 10.4. The Morgan fingerprint density at radius 1 is 1.40 bits per heavy atom. The normalized spacial score (nSPS) is 17.1. The maximum atomic E-state index is 11.6. The second kappa shape index (κ2) is 4.86. The van der Waals surface area contributed by atoms with Gasteiger partial charge in [0, 0.05) is 13.6 Å². The van der Waals surface area contributed by atoms with E-state index in [2.05, 4.69) is 0 Å². The lowest BCUT2D eigenvalue weighted by atomic mass is 9.83. The molecule has 0 aromatic carbocycles. The van der Waals surface area contributed by atoms with Gasteiger partial charge in [-0.25, -0.2) is 4.79 Å². The molecule has 0 saturated heterocycles. The van der Waals surface area contributed by atoms with E-state index in [0.29, 0.717) is 0 Å². The van der Waals surface area contributed by atoms with Crippen LogP contribution in [0.15, 0.2) is 0 Å². The van der Waals surface area contributed by atoms with Gasteiger partial charge in [-0.1, -0.05) is 19.3 Å². The molecule has 0 aromatic rings. The molecular weight excluding hydrogens is 190 g/mol. The molecule has 0 atom stereocenters. The third-order valence-electron chi connectivity index (χ3n) is 2.80. The number of ether oxygens (including phenoxy) is 1. The van der Waals surface area contributed by atoms with E-state index in [1.165, 1.54) is 19.3 Å². The highest BCUT2D eigenvalue weighted by molar-refractivity contribution is 5.67. The number of hydrogen-bond donors (Lipinski definition) is 0. The third-order valence-corrected chi connectivity index (χ3v) is 2.80. The molecule has 1 saturated carbocycles. The summed E-state index contributed by atoms with van der Waals surface area (Å²) in [5, 5.41) is 0. The molecule has 0 radical (unpaired) electrons. The summed E-state index contributed by atoms with van der Waals surface area (Å²) < 4.78 is 5.27. The van der Waals surface area contributed by atoms with Crippen molar-refractivity contribution in [3.8, 4) is 0 Å². The van der Waals surface area contributed by atoms with Gasteiger partial charge in [0.05, 0.1) is 0 Å². The second-order valence-corrected chi connectivity index (χ2v) is 5.49. The molecule has 3 nitrogen and oxygen atoms in total. The molecule has 1 aliphatic rings. The minimum Gasteiger partial charge on any atom is -0.444 e. The SMILES string of the molecule is CN(CCC1CCC1)C(=O)OC(C)(C)C. The fourth-order valence-electron chi connectivity index (χ4n) is 1.59. The molecular formula is C12H23NO2. The summed E-state index contributed by atoms with van der Waals surface area (Å²) in [4.78, 5) is 13.3. The van der Waals surface area contributed by atoms with Crippen molar-refractivity contribution >= 4 is 6.09 Å². The highest BCUT2D eigenvalue weighted by Gasteiger charge is 2.22. The first-order chi connectivity index (χ1) is 6.88. The van der Waals surface area contributed by atoms with E-state index in [9.17, 15) is 4.79 Å². The van der Waals surface area contributed by atoms with E-state index >= 15 is 0 Å². The van der Waals surface area contributed by atoms with E-state index in [1.54, 1.807) is 4.90 Å². The van der Waals surface area contributed by atoms with Crippen molar-refractivity contribution in [3.05, 3.63) is 0 Å². The zero-order chi connectivity index (χ0) is 11.5. The largest absolute Gasteiger partial charge is 0.444 e. The number of rotatable bonds is 3. The Balaban J connectivity index is 2.20. The van der Waals surface area contributed by atoms with Gasteiger partial charge in [-0.15, -0.1) is 0 Å². The van der Waals surface area contributed by atoms with Gasteiger partial charge in [-0.05, 0) is 33.1 Å². The first-order valence-electron chi connectivity index (χ1n) is 5.82.